The molecule has 9 heteroatoms. The van der Waals surface area contributed by atoms with Gasteiger partial charge in [-0.15, -0.1) is 24.0 Å². The lowest BCUT2D eigenvalue weighted by atomic mass is 10.0. The number of hydrogen-bond donors (Lipinski definition) is 2. The van der Waals surface area contributed by atoms with Crippen molar-refractivity contribution in [2.75, 3.05) is 53.0 Å². The predicted molar refractivity (Wildman–Crippen MR) is 132 cm³/mol. The highest BCUT2D eigenvalue weighted by atomic mass is 127. The molecule has 2 aliphatic rings. The van der Waals surface area contributed by atoms with E-state index in [0.717, 1.165) is 63.3 Å². The summed E-state index contributed by atoms with van der Waals surface area (Å²) >= 11 is 6.09. The van der Waals surface area contributed by atoms with Gasteiger partial charge >= 0.3 is 0 Å². The van der Waals surface area contributed by atoms with Crippen LogP contribution in [-0.2, 0) is 9.53 Å². The lowest BCUT2D eigenvalue weighted by molar-refractivity contribution is -0.129. The highest BCUT2D eigenvalue weighted by Gasteiger charge is 2.27. The average molecular weight is 550 g/mol. The molecule has 168 valence electrons. The summed E-state index contributed by atoms with van der Waals surface area (Å²) in [6.07, 6.45) is 1.50. The molecule has 2 aliphatic heterocycles. The molecule has 1 aromatic carbocycles. The van der Waals surface area contributed by atoms with E-state index >= 15 is 0 Å². The van der Waals surface area contributed by atoms with Crippen LogP contribution >= 0.6 is 35.6 Å². The standard InChI is InChI=1S/C21H32ClN5O2.HI/c1-3-20(28)27-9-8-18(15-27)25-21(23-2)24-14-19(26-10-12-29-13-11-26)16-4-6-17(22)7-5-16;/h4-7,18-19H,3,8-15H2,1-2H3,(H2,23,24,25);1H. The molecule has 30 heavy (non-hydrogen) atoms. The predicted octanol–water partition coefficient (Wildman–Crippen LogP) is 2.51. The van der Waals surface area contributed by atoms with Crippen molar-refractivity contribution in [3.05, 3.63) is 34.9 Å². The molecule has 0 aromatic heterocycles. The first-order chi connectivity index (χ1) is 14.1. The smallest absolute Gasteiger partial charge is 0.222 e. The Kier molecular flexibility index (Phi) is 10.6. The van der Waals surface area contributed by atoms with Crippen molar-refractivity contribution >= 4 is 47.4 Å². The molecule has 0 aliphatic carbocycles. The van der Waals surface area contributed by atoms with Gasteiger partial charge in [-0.05, 0) is 24.1 Å². The number of morpholine rings is 1. The number of likely N-dealkylation sites (tertiary alicyclic amines) is 1. The molecule has 0 spiro atoms. The van der Waals surface area contributed by atoms with Crippen LogP contribution in [0.4, 0.5) is 0 Å². The fourth-order valence-electron chi connectivity index (χ4n) is 3.94. The Labute approximate surface area is 201 Å². The number of halogens is 2. The van der Waals surface area contributed by atoms with Crippen molar-refractivity contribution in [3.8, 4) is 0 Å². The topological polar surface area (TPSA) is 69.2 Å². The number of guanidine groups is 1. The maximum atomic E-state index is 11.9. The number of hydrogen-bond acceptors (Lipinski definition) is 4. The third-order valence-corrected chi connectivity index (χ3v) is 5.86. The van der Waals surface area contributed by atoms with E-state index in [9.17, 15) is 4.79 Å². The minimum Gasteiger partial charge on any atom is -0.379 e. The number of amides is 1. The lowest BCUT2D eigenvalue weighted by Crippen LogP contribution is -2.49. The third kappa shape index (κ3) is 6.96. The summed E-state index contributed by atoms with van der Waals surface area (Å²) in [5.41, 5.74) is 1.22. The Hall–Kier alpha value is -1.10. The number of nitrogens with zero attached hydrogens (tertiary/aromatic N) is 3. The zero-order valence-electron chi connectivity index (χ0n) is 17.8. The van der Waals surface area contributed by atoms with E-state index < -0.39 is 0 Å². The molecule has 2 saturated heterocycles. The number of ether oxygens (including phenoxy) is 1. The number of aliphatic imine (C=N–C) groups is 1. The molecule has 0 radical (unpaired) electrons. The quantitative estimate of drug-likeness (QED) is 0.324. The van der Waals surface area contributed by atoms with E-state index in [1.165, 1.54) is 5.56 Å². The summed E-state index contributed by atoms with van der Waals surface area (Å²) in [7, 11) is 1.78. The van der Waals surface area contributed by atoms with E-state index in [-0.39, 0.29) is 42.0 Å². The summed E-state index contributed by atoms with van der Waals surface area (Å²) < 4.78 is 5.53. The van der Waals surface area contributed by atoms with Gasteiger partial charge in [-0.25, -0.2) is 0 Å². The number of benzene rings is 1. The van der Waals surface area contributed by atoms with Crippen molar-refractivity contribution in [1.82, 2.24) is 20.4 Å². The maximum Gasteiger partial charge on any atom is 0.222 e. The van der Waals surface area contributed by atoms with Crippen LogP contribution in [0.5, 0.6) is 0 Å². The van der Waals surface area contributed by atoms with E-state index in [4.69, 9.17) is 16.3 Å². The molecule has 2 fully saturated rings. The molecule has 2 atom stereocenters. The molecule has 2 heterocycles. The fourth-order valence-corrected chi connectivity index (χ4v) is 4.07. The third-order valence-electron chi connectivity index (χ3n) is 5.61. The van der Waals surface area contributed by atoms with Crippen LogP contribution in [-0.4, -0.2) is 80.7 Å². The van der Waals surface area contributed by atoms with E-state index in [1.807, 2.05) is 24.0 Å². The Bertz CT molecular complexity index is 697. The summed E-state index contributed by atoms with van der Waals surface area (Å²) in [6, 6.07) is 8.49. The van der Waals surface area contributed by atoms with Crippen molar-refractivity contribution in [2.24, 2.45) is 4.99 Å². The molecule has 0 saturated carbocycles. The van der Waals surface area contributed by atoms with Gasteiger partial charge in [-0.2, -0.15) is 0 Å². The fraction of sp³-hybridized carbons (Fsp3) is 0.619. The molecule has 7 nitrogen and oxygen atoms in total. The Balaban J connectivity index is 0.00000320. The van der Waals surface area contributed by atoms with Gasteiger partial charge in [0.15, 0.2) is 5.96 Å². The van der Waals surface area contributed by atoms with Crippen molar-refractivity contribution in [1.29, 1.82) is 0 Å². The maximum absolute atomic E-state index is 11.9. The average Bonchev–Trinajstić information content (AvgIpc) is 3.23. The summed E-state index contributed by atoms with van der Waals surface area (Å²) in [6.45, 7) is 7.48. The first-order valence-corrected chi connectivity index (χ1v) is 10.8. The van der Waals surface area contributed by atoms with Crippen LogP contribution in [0, 0.1) is 0 Å². The van der Waals surface area contributed by atoms with Gasteiger partial charge in [-0.3, -0.25) is 14.7 Å². The SMILES string of the molecule is CCC(=O)N1CCC(NC(=NC)NCC(c2ccc(Cl)cc2)N2CCOCC2)C1.I. The number of nitrogens with one attached hydrogen (secondary N) is 2. The Morgan fingerprint density at radius 3 is 2.60 bits per heavy atom. The van der Waals surface area contributed by atoms with Gasteiger partial charge < -0.3 is 20.3 Å². The van der Waals surface area contributed by atoms with E-state index in [1.54, 1.807) is 7.05 Å². The van der Waals surface area contributed by atoms with E-state index in [0.29, 0.717) is 6.42 Å². The molecule has 1 aromatic rings. The van der Waals surface area contributed by atoms with Gasteiger partial charge in [-0.1, -0.05) is 30.7 Å². The number of carbonyl (C=O) groups excluding carboxylic acids is 1. The van der Waals surface area contributed by atoms with Crippen LogP contribution in [0.25, 0.3) is 0 Å². The molecular weight excluding hydrogens is 517 g/mol. The zero-order chi connectivity index (χ0) is 20.6. The van der Waals surface area contributed by atoms with Gasteiger partial charge in [0, 0.05) is 57.3 Å². The minimum atomic E-state index is 0. The molecule has 0 bridgehead atoms. The first-order valence-electron chi connectivity index (χ1n) is 10.4. The van der Waals surface area contributed by atoms with Crippen LogP contribution < -0.4 is 10.6 Å². The first kappa shape index (κ1) is 25.2. The highest BCUT2D eigenvalue weighted by Crippen LogP contribution is 2.23. The number of carbonyl (C=O) groups is 1. The zero-order valence-corrected chi connectivity index (χ0v) is 20.9. The normalized spacial score (nSPS) is 21.1. The summed E-state index contributed by atoms with van der Waals surface area (Å²) in [5, 5.41) is 7.70. The minimum absolute atomic E-state index is 0. The van der Waals surface area contributed by atoms with Crippen LogP contribution in [0.1, 0.15) is 31.4 Å². The van der Waals surface area contributed by atoms with Crippen LogP contribution in [0.2, 0.25) is 5.02 Å². The van der Waals surface area contributed by atoms with Gasteiger partial charge in [0.2, 0.25) is 5.91 Å². The monoisotopic (exact) mass is 549 g/mol. The van der Waals surface area contributed by atoms with Gasteiger partial charge in [0.1, 0.15) is 0 Å². The summed E-state index contributed by atoms with van der Waals surface area (Å²) in [5.74, 6) is 0.986. The molecule has 3 rings (SSSR count). The second-order valence-electron chi connectivity index (χ2n) is 7.49. The van der Waals surface area contributed by atoms with Crippen molar-refractivity contribution in [3.63, 3.8) is 0 Å². The number of rotatable bonds is 6. The van der Waals surface area contributed by atoms with Crippen molar-refractivity contribution in [2.45, 2.75) is 31.8 Å². The van der Waals surface area contributed by atoms with Gasteiger partial charge in [0.05, 0.1) is 19.3 Å². The summed E-state index contributed by atoms with van der Waals surface area (Å²) in [4.78, 5) is 20.7. The largest absolute Gasteiger partial charge is 0.379 e. The molecule has 1 amide bonds. The van der Waals surface area contributed by atoms with Crippen LogP contribution in [0.15, 0.2) is 29.3 Å². The molecule has 2 unspecified atom stereocenters. The second-order valence-corrected chi connectivity index (χ2v) is 7.93. The lowest BCUT2D eigenvalue weighted by Gasteiger charge is -2.35. The van der Waals surface area contributed by atoms with E-state index in [2.05, 4.69) is 32.7 Å². The van der Waals surface area contributed by atoms with Gasteiger partial charge in [0.25, 0.3) is 0 Å². The van der Waals surface area contributed by atoms with Crippen molar-refractivity contribution < 1.29 is 9.53 Å². The molecule has 2 N–H and O–H groups in total. The Morgan fingerprint density at radius 1 is 1.27 bits per heavy atom. The highest BCUT2D eigenvalue weighted by molar-refractivity contribution is 14.0. The second kappa shape index (κ2) is 12.7. The van der Waals surface area contributed by atoms with Crippen LogP contribution in [0.3, 0.4) is 0 Å². The molecular formula is C21H33ClIN5O2. The Morgan fingerprint density at radius 2 is 1.97 bits per heavy atom.